The topological polar surface area (TPSA) is 55.8 Å². The molecule has 0 bridgehead atoms. The zero-order valence-corrected chi connectivity index (χ0v) is 14.3. The Morgan fingerprint density at radius 3 is 2.52 bits per heavy atom. The summed E-state index contributed by atoms with van der Waals surface area (Å²) in [6.45, 7) is 4.48. The minimum Gasteiger partial charge on any atom is -0.393 e. The monoisotopic (exact) mass is 319 g/mol. The molecule has 2 rings (SSSR count). The van der Waals surface area contributed by atoms with Crippen LogP contribution in [0.1, 0.15) is 35.2 Å². The number of carbonyl (C=O) groups is 1. The van der Waals surface area contributed by atoms with Gasteiger partial charge in [-0.05, 0) is 57.6 Å². The number of piperidine rings is 1. The van der Waals surface area contributed by atoms with Gasteiger partial charge in [-0.25, -0.2) is 0 Å². The number of hydrogen-bond acceptors (Lipinski definition) is 4. The summed E-state index contributed by atoms with van der Waals surface area (Å²) in [5.74, 6) is -0.00419. The van der Waals surface area contributed by atoms with Crippen LogP contribution in [0.25, 0.3) is 0 Å². The maximum atomic E-state index is 12.1. The third-order valence-electron chi connectivity index (χ3n) is 4.21. The molecule has 2 N–H and O–H groups in total. The Bertz CT molecular complexity index is 480. The molecule has 0 unspecified atom stereocenters. The van der Waals surface area contributed by atoms with Crippen LogP contribution in [0.2, 0.25) is 0 Å². The summed E-state index contributed by atoms with van der Waals surface area (Å²) in [5, 5.41) is 12.5. The highest BCUT2D eigenvalue weighted by Crippen LogP contribution is 2.10. The van der Waals surface area contributed by atoms with Crippen molar-refractivity contribution < 1.29 is 9.90 Å². The largest absolute Gasteiger partial charge is 0.393 e. The summed E-state index contributed by atoms with van der Waals surface area (Å²) in [7, 11) is 4.06. The van der Waals surface area contributed by atoms with Crippen molar-refractivity contribution in [2.45, 2.75) is 31.9 Å². The summed E-state index contributed by atoms with van der Waals surface area (Å²) in [6.07, 6.45) is 2.55. The van der Waals surface area contributed by atoms with E-state index >= 15 is 0 Å². The molecule has 1 saturated heterocycles. The van der Waals surface area contributed by atoms with Gasteiger partial charge in [-0.1, -0.05) is 12.1 Å². The third kappa shape index (κ3) is 6.29. The molecule has 5 nitrogen and oxygen atoms in total. The molecule has 1 heterocycles. The van der Waals surface area contributed by atoms with Crippen molar-refractivity contribution in [3.05, 3.63) is 35.4 Å². The number of benzene rings is 1. The molecule has 0 aliphatic carbocycles. The Labute approximate surface area is 139 Å². The van der Waals surface area contributed by atoms with Gasteiger partial charge in [-0.15, -0.1) is 0 Å². The van der Waals surface area contributed by atoms with Gasteiger partial charge in [0.1, 0.15) is 0 Å². The molecular weight excluding hydrogens is 290 g/mol. The Kier molecular flexibility index (Phi) is 7.02. The van der Waals surface area contributed by atoms with Crippen LogP contribution >= 0.6 is 0 Å². The average Bonchev–Trinajstić information content (AvgIpc) is 2.53. The molecule has 0 atom stereocenters. The fraction of sp³-hybridized carbons (Fsp3) is 0.611. The quantitative estimate of drug-likeness (QED) is 0.745. The van der Waals surface area contributed by atoms with E-state index in [1.807, 2.05) is 38.4 Å². The number of hydrogen-bond donors (Lipinski definition) is 2. The maximum Gasteiger partial charge on any atom is 0.251 e. The highest BCUT2D eigenvalue weighted by Gasteiger charge is 2.16. The predicted molar refractivity (Wildman–Crippen MR) is 92.5 cm³/mol. The van der Waals surface area contributed by atoms with E-state index in [-0.39, 0.29) is 12.0 Å². The van der Waals surface area contributed by atoms with Gasteiger partial charge in [-0.3, -0.25) is 4.79 Å². The number of aliphatic hydroxyl groups excluding tert-OH is 1. The first kappa shape index (κ1) is 17.9. The molecule has 0 spiro atoms. The lowest BCUT2D eigenvalue weighted by atomic mass is 10.1. The van der Waals surface area contributed by atoms with Crippen molar-refractivity contribution in [1.82, 2.24) is 15.1 Å². The zero-order valence-electron chi connectivity index (χ0n) is 14.3. The van der Waals surface area contributed by atoms with E-state index < -0.39 is 0 Å². The maximum absolute atomic E-state index is 12.1. The van der Waals surface area contributed by atoms with E-state index in [0.29, 0.717) is 12.1 Å². The second-order valence-electron chi connectivity index (χ2n) is 6.62. The number of rotatable bonds is 7. The normalized spacial score (nSPS) is 16.7. The van der Waals surface area contributed by atoms with Gasteiger partial charge in [-0.2, -0.15) is 0 Å². The zero-order chi connectivity index (χ0) is 16.7. The van der Waals surface area contributed by atoms with Crippen molar-refractivity contribution in [2.24, 2.45) is 0 Å². The van der Waals surface area contributed by atoms with Crippen molar-refractivity contribution >= 4 is 5.91 Å². The summed E-state index contributed by atoms with van der Waals surface area (Å²) in [5.41, 5.74) is 1.92. The SMILES string of the molecule is CN(C)Cc1ccc(C(=O)NCCCN2CCC(O)CC2)cc1. The van der Waals surface area contributed by atoms with Crippen molar-refractivity contribution in [2.75, 3.05) is 40.3 Å². The lowest BCUT2D eigenvalue weighted by molar-refractivity contribution is 0.0816. The number of amides is 1. The molecule has 1 amide bonds. The molecule has 1 fully saturated rings. The van der Waals surface area contributed by atoms with Crippen LogP contribution in [0.3, 0.4) is 0 Å². The van der Waals surface area contributed by atoms with Gasteiger partial charge in [0.15, 0.2) is 0 Å². The second-order valence-corrected chi connectivity index (χ2v) is 6.62. The molecule has 1 aliphatic heterocycles. The average molecular weight is 319 g/mol. The Morgan fingerprint density at radius 1 is 1.26 bits per heavy atom. The smallest absolute Gasteiger partial charge is 0.251 e. The molecule has 128 valence electrons. The molecule has 1 aromatic carbocycles. The first-order valence-corrected chi connectivity index (χ1v) is 8.47. The first-order chi connectivity index (χ1) is 11.0. The van der Waals surface area contributed by atoms with Crippen LogP contribution in [0.4, 0.5) is 0 Å². The van der Waals surface area contributed by atoms with Gasteiger partial charge >= 0.3 is 0 Å². The van der Waals surface area contributed by atoms with E-state index in [2.05, 4.69) is 15.1 Å². The molecule has 0 aromatic heterocycles. The molecule has 1 aliphatic rings. The first-order valence-electron chi connectivity index (χ1n) is 8.47. The Morgan fingerprint density at radius 2 is 1.91 bits per heavy atom. The molecule has 5 heteroatoms. The summed E-state index contributed by atoms with van der Waals surface area (Å²) < 4.78 is 0. The highest BCUT2D eigenvalue weighted by molar-refractivity contribution is 5.94. The fourth-order valence-corrected chi connectivity index (χ4v) is 2.88. The highest BCUT2D eigenvalue weighted by atomic mass is 16.3. The Hall–Kier alpha value is -1.43. The fourth-order valence-electron chi connectivity index (χ4n) is 2.88. The molecule has 23 heavy (non-hydrogen) atoms. The minimum atomic E-state index is -0.124. The van der Waals surface area contributed by atoms with E-state index in [4.69, 9.17) is 0 Å². The van der Waals surface area contributed by atoms with Gasteiger partial charge < -0.3 is 20.2 Å². The van der Waals surface area contributed by atoms with Crippen molar-refractivity contribution in [3.8, 4) is 0 Å². The number of carbonyl (C=O) groups excluding carboxylic acids is 1. The predicted octanol–water partition coefficient (Wildman–Crippen LogP) is 1.32. The standard InChI is InChI=1S/C18H29N3O2/c1-20(2)14-15-4-6-16(7-5-15)18(23)19-10-3-11-21-12-8-17(22)9-13-21/h4-7,17,22H,3,8-14H2,1-2H3,(H,19,23). The number of likely N-dealkylation sites (tertiary alicyclic amines) is 1. The second kappa shape index (κ2) is 9.01. The van der Waals surface area contributed by atoms with Crippen LogP contribution in [0.15, 0.2) is 24.3 Å². The van der Waals surface area contributed by atoms with Crippen LogP contribution in [0, 0.1) is 0 Å². The molecule has 0 radical (unpaired) electrons. The van der Waals surface area contributed by atoms with E-state index in [9.17, 15) is 9.90 Å². The summed E-state index contributed by atoms with van der Waals surface area (Å²) >= 11 is 0. The van der Waals surface area contributed by atoms with Gasteiger partial charge in [0.25, 0.3) is 5.91 Å². The molecule has 0 saturated carbocycles. The van der Waals surface area contributed by atoms with Crippen molar-refractivity contribution in [1.29, 1.82) is 0 Å². The third-order valence-corrected chi connectivity index (χ3v) is 4.21. The summed E-state index contributed by atoms with van der Waals surface area (Å²) in [4.78, 5) is 16.6. The number of aliphatic hydroxyl groups is 1. The van der Waals surface area contributed by atoms with Gasteiger partial charge in [0, 0.05) is 31.7 Å². The van der Waals surface area contributed by atoms with Gasteiger partial charge in [0.2, 0.25) is 0 Å². The lowest BCUT2D eigenvalue weighted by Crippen LogP contribution is -2.37. The van der Waals surface area contributed by atoms with Crippen LogP contribution in [-0.2, 0) is 6.54 Å². The van der Waals surface area contributed by atoms with Crippen LogP contribution in [-0.4, -0.2) is 67.2 Å². The summed E-state index contributed by atoms with van der Waals surface area (Å²) in [6, 6.07) is 7.79. The van der Waals surface area contributed by atoms with Gasteiger partial charge in [0.05, 0.1) is 6.10 Å². The van der Waals surface area contributed by atoms with E-state index in [1.165, 1.54) is 5.56 Å². The van der Waals surface area contributed by atoms with E-state index in [1.54, 1.807) is 0 Å². The lowest BCUT2D eigenvalue weighted by Gasteiger charge is -2.29. The van der Waals surface area contributed by atoms with Crippen LogP contribution in [0.5, 0.6) is 0 Å². The Balaban J connectivity index is 1.66. The van der Waals surface area contributed by atoms with Crippen molar-refractivity contribution in [3.63, 3.8) is 0 Å². The molecular formula is C18H29N3O2. The molecule has 1 aromatic rings. The van der Waals surface area contributed by atoms with E-state index in [0.717, 1.165) is 45.4 Å². The number of nitrogens with zero attached hydrogens (tertiary/aromatic N) is 2. The number of nitrogens with one attached hydrogen (secondary N) is 1. The minimum absolute atomic E-state index is 0.00419. The van der Waals surface area contributed by atoms with Crippen LogP contribution < -0.4 is 5.32 Å².